The average molecular weight is 363 g/mol. The van der Waals surface area contributed by atoms with Gasteiger partial charge in [-0.3, -0.25) is 0 Å². The van der Waals surface area contributed by atoms with E-state index in [1.807, 2.05) is 18.2 Å². The lowest BCUT2D eigenvalue weighted by Crippen LogP contribution is -2.09. The SMILES string of the molecule is COc1ccc2ccc(Cl)cc2c1C(=O)OCCCCCCC(C)C. The molecule has 136 valence electrons. The predicted molar refractivity (Wildman–Crippen MR) is 104 cm³/mol. The van der Waals surface area contributed by atoms with Crippen LogP contribution < -0.4 is 4.74 Å². The Morgan fingerprint density at radius 1 is 1.08 bits per heavy atom. The number of carbonyl (C=O) groups is 1. The van der Waals surface area contributed by atoms with Crippen molar-refractivity contribution >= 4 is 28.3 Å². The summed E-state index contributed by atoms with van der Waals surface area (Å²) in [5, 5.41) is 2.28. The van der Waals surface area contributed by atoms with Crippen LogP contribution in [0.2, 0.25) is 5.02 Å². The van der Waals surface area contributed by atoms with E-state index in [2.05, 4.69) is 13.8 Å². The van der Waals surface area contributed by atoms with Gasteiger partial charge < -0.3 is 9.47 Å². The van der Waals surface area contributed by atoms with E-state index in [1.54, 1.807) is 19.2 Å². The first-order valence-corrected chi connectivity index (χ1v) is 9.34. The van der Waals surface area contributed by atoms with Gasteiger partial charge in [0.2, 0.25) is 0 Å². The molecule has 25 heavy (non-hydrogen) atoms. The lowest BCUT2D eigenvalue weighted by Gasteiger charge is -2.12. The van der Waals surface area contributed by atoms with Gasteiger partial charge in [-0.1, -0.05) is 63.3 Å². The molecule has 0 radical (unpaired) electrons. The Morgan fingerprint density at radius 3 is 2.52 bits per heavy atom. The number of ether oxygens (including phenoxy) is 2. The number of hydrogen-bond donors (Lipinski definition) is 0. The fraction of sp³-hybridized carbons (Fsp3) is 0.476. The van der Waals surface area contributed by atoms with Crippen molar-refractivity contribution < 1.29 is 14.3 Å². The lowest BCUT2D eigenvalue weighted by atomic mass is 10.0. The zero-order valence-corrected chi connectivity index (χ0v) is 16.1. The number of fused-ring (bicyclic) bond motifs is 1. The molecule has 3 nitrogen and oxygen atoms in total. The molecule has 0 saturated heterocycles. The van der Waals surface area contributed by atoms with Gasteiger partial charge in [0.1, 0.15) is 11.3 Å². The van der Waals surface area contributed by atoms with Crippen LogP contribution in [0.5, 0.6) is 5.75 Å². The maximum Gasteiger partial charge on any atom is 0.342 e. The van der Waals surface area contributed by atoms with E-state index in [0.29, 0.717) is 22.9 Å². The first kappa shape index (κ1) is 19.6. The molecule has 2 rings (SSSR count). The molecule has 0 unspecified atom stereocenters. The quantitative estimate of drug-likeness (QED) is 0.389. The number of hydrogen-bond acceptors (Lipinski definition) is 3. The van der Waals surface area contributed by atoms with E-state index >= 15 is 0 Å². The maximum atomic E-state index is 12.6. The van der Waals surface area contributed by atoms with Crippen LogP contribution in [0.4, 0.5) is 0 Å². The number of esters is 1. The van der Waals surface area contributed by atoms with Crippen molar-refractivity contribution in [1.82, 2.24) is 0 Å². The van der Waals surface area contributed by atoms with E-state index in [4.69, 9.17) is 21.1 Å². The standard InChI is InChI=1S/C21H27ClO3/c1-15(2)8-6-4-5-7-13-25-21(23)20-18-14-17(22)11-9-16(18)10-12-19(20)24-3/h9-12,14-15H,4-8,13H2,1-3H3. The largest absolute Gasteiger partial charge is 0.496 e. The first-order chi connectivity index (χ1) is 12.0. The molecule has 0 fully saturated rings. The van der Waals surface area contributed by atoms with Crippen LogP contribution in [0.15, 0.2) is 30.3 Å². The highest BCUT2D eigenvalue weighted by Gasteiger charge is 2.18. The Morgan fingerprint density at radius 2 is 1.80 bits per heavy atom. The minimum Gasteiger partial charge on any atom is -0.496 e. The summed E-state index contributed by atoms with van der Waals surface area (Å²) in [6.07, 6.45) is 5.65. The molecular formula is C21H27ClO3. The van der Waals surface area contributed by atoms with E-state index in [1.165, 1.54) is 19.3 Å². The van der Waals surface area contributed by atoms with Gasteiger partial charge >= 0.3 is 5.97 Å². The zero-order valence-electron chi connectivity index (χ0n) is 15.3. The number of carbonyl (C=O) groups excluding carboxylic acids is 1. The molecule has 0 N–H and O–H groups in total. The van der Waals surface area contributed by atoms with Gasteiger partial charge in [0.05, 0.1) is 13.7 Å². The molecule has 0 aliphatic carbocycles. The molecule has 0 aliphatic rings. The van der Waals surface area contributed by atoms with Crippen molar-refractivity contribution in [2.75, 3.05) is 13.7 Å². The van der Waals surface area contributed by atoms with E-state index in [9.17, 15) is 4.79 Å². The first-order valence-electron chi connectivity index (χ1n) is 8.96. The maximum absolute atomic E-state index is 12.6. The fourth-order valence-electron chi connectivity index (χ4n) is 2.90. The van der Waals surface area contributed by atoms with Gasteiger partial charge in [-0.15, -0.1) is 0 Å². The van der Waals surface area contributed by atoms with Crippen LogP contribution in [0, 0.1) is 5.92 Å². The fourth-order valence-corrected chi connectivity index (χ4v) is 3.07. The molecule has 0 saturated carbocycles. The van der Waals surface area contributed by atoms with Crippen LogP contribution in [0.3, 0.4) is 0 Å². The number of rotatable bonds is 9. The normalized spacial score (nSPS) is 11.1. The molecule has 0 amide bonds. The van der Waals surface area contributed by atoms with Crippen molar-refractivity contribution in [2.24, 2.45) is 5.92 Å². The second-order valence-corrected chi connectivity index (χ2v) is 7.18. The number of benzene rings is 2. The molecule has 0 spiro atoms. The van der Waals surface area contributed by atoms with Crippen molar-refractivity contribution in [3.63, 3.8) is 0 Å². The summed E-state index contributed by atoms with van der Waals surface area (Å²) >= 11 is 6.10. The van der Waals surface area contributed by atoms with E-state index in [-0.39, 0.29) is 5.97 Å². The molecular weight excluding hydrogens is 336 g/mol. The van der Waals surface area contributed by atoms with Crippen molar-refractivity contribution in [3.8, 4) is 5.75 Å². The monoisotopic (exact) mass is 362 g/mol. The summed E-state index contributed by atoms with van der Waals surface area (Å²) < 4.78 is 10.8. The molecule has 0 aromatic heterocycles. The Balaban J connectivity index is 1.98. The van der Waals surface area contributed by atoms with Gasteiger partial charge in [-0.25, -0.2) is 4.79 Å². The minimum absolute atomic E-state index is 0.355. The van der Waals surface area contributed by atoms with Crippen LogP contribution in [-0.2, 0) is 4.74 Å². The number of halogens is 1. The van der Waals surface area contributed by atoms with E-state index in [0.717, 1.165) is 29.5 Å². The topological polar surface area (TPSA) is 35.5 Å². The second kappa shape index (κ2) is 9.67. The van der Waals surface area contributed by atoms with Gasteiger partial charge in [0.25, 0.3) is 0 Å². The minimum atomic E-state index is -0.355. The third-order valence-electron chi connectivity index (χ3n) is 4.28. The molecule has 0 heterocycles. The van der Waals surface area contributed by atoms with Crippen LogP contribution >= 0.6 is 11.6 Å². The summed E-state index contributed by atoms with van der Waals surface area (Å²) in [4.78, 5) is 12.6. The number of methoxy groups -OCH3 is 1. The lowest BCUT2D eigenvalue weighted by molar-refractivity contribution is 0.0496. The van der Waals surface area contributed by atoms with Crippen LogP contribution in [0.25, 0.3) is 10.8 Å². The van der Waals surface area contributed by atoms with Crippen molar-refractivity contribution in [2.45, 2.75) is 46.0 Å². The average Bonchev–Trinajstić information content (AvgIpc) is 2.59. The van der Waals surface area contributed by atoms with Gasteiger partial charge in [0.15, 0.2) is 0 Å². The molecule has 2 aromatic rings. The van der Waals surface area contributed by atoms with Crippen LogP contribution in [-0.4, -0.2) is 19.7 Å². The summed E-state index contributed by atoms with van der Waals surface area (Å²) in [7, 11) is 1.55. The predicted octanol–water partition coefficient (Wildman–Crippen LogP) is 6.27. The highest BCUT2D eigenvalue weighted by Crippen LogP contribution is 2.30. The molecule has 2 aromatic carbocycles. The van der Waals surface area contributed by atoms with Crippen LogP contribution in [0.1, 0.15) is 56.3 Å². The summed E-state index contributed by atoms with van der Waals surface area (Å²) in [5.41, 5.74) is 0.447. The number of unbranched alkanes of at least 4 members (excludes halogenated alkanes) is 3. The van der Waals surface area contributed by atoms with E-state index < -0.39 is 0 Å². The van der Waals surface area contributed by atoms with Gasteiger partial charge in [-0.2, -0.15) is 0 Å². The third-order valence-corrected chi connectivity index (χ3v) is 4.51. The Labute approximate surface area is 155 Å². The smallest absolute Gasteiger partial charge is 0.342 e. The Bertz CT molecular complexity index is 710. The summed E-state index contributed by atoms with van der Waals surface area (Å²) in [6.45, 7) is 4.91. The molecule has 0 aliphatic heterocycles. The summed E-state index contributed by atoms with van der Waals surface area (Å²) in [5.74, 6) is 0.909. The van der Waals surface area contributed by atoms with Crippen molar-refractivity contribution in [3.05, 3.63) is 40.9 Å². The van der Waals surface area contributed by atoms with Crippen molar-refractivity contribution in [1.29, 1.82) is 0 Å². The second-order valence-electron chi connectivity index (χ2n) is 6.74. The third kappa shape index (κ3) is 5.64. The molecule has 0 atom stereocenters. The highest BCUT2D eigenvalue weighted by molar-refractivity contribution is 6.31. The zero-order chi connectivity index (χ0) is 18.2. The Hall–Kier alpha value is -1.74. The molecule has 4 heteroatoms. The molecule has 0 bridgehead atoms. The Kier molecular flexibility index (Phi) is 7.57. The summed E-state index contributed by atoms with van der Waals surface area (Å²) in [6, 6.07) is 9.18. The van der Waals surface area contributed by atoms with Gasteiger partial charge in [-0.05, 0) is 35.9 Å². The highest BCUT2D eigenvalue weighted by atomic mass is 35.5. The van der Waals surface area contributed by atoms with Gasteiger partial charge in [0, 0.05) is 10.4 Å².